The highest BCUT2D eigenvalue weighted by atomic mass is 14.5. The standard InChI is InChI=1S/C20H12N2/c21-12-15-9-10-18-19-14(5-4-8-17(15)19)11-20(18,13-22)16-6-2-1-3-7-16/h1-10H,11H2. The maximum atomic E-state index is 10.0. The first-order valence-corrected chi connectivity index (χ1v) is 7.22. The molecule has 0 aliphatic heterocycles. The molecule has 0 spiro atoms. The monoisotopic (exact) mass is 280 g/mol. The van der Waals surface area contributed by atoms with Gasteiger partial charge in [-0.25, -0.2) is 0 Å². The number of benzene rings is 3. The predicted octanol–water partition coefficient (Wildman–Crippen LogP) is 4.08. The lowest BCUT2D eigenvalue weighted by atomic mass is 9.76. The maximum absolute atomic E-state index is 10.0. The van der Waals surface area contributed by atoms with Gasteiger partial charge >= 0.3 is 0 Å². The molecule has 3 aromatic rings. The summed E-state index contributed by atoms with van der Waals surface area (Å²) in [5.74, 6) is 0. The molecule has 102 valence electrons. The van der Waals surface area contributed by atoms with Crippen molar-refractivity contribution in [3.63, 3.8) is 0 Å². The van der Waals surface area contributed by atoms with Gasteiger partial charge in [-0.2, -0.15) is 10.5 Å². The Morgan fingerprint density at radius 2 is 1.68 bits per heavy atom. The predicted molar refractivity (Wildman–Crippen MR) is 85.2 cm³/mol. The van der Waals surface area contributed by atoms with E-state index in [2.05, 4.69) is 18.2 Å². The van der Waals surface area contributed by atoms with Crippen LogP contribution in [0, 0.1) is 22.7 Å². The van der Waals surface area contributed by atoms with Gasteiger partial charge in [0.05, 0.1) is 17.7 Å². The van der Waals surface area contributed by atoms with Crippen molar-refractivity contribution in [3.05, 3.63) is 82.9 Å². The van der Waals surface area contributed by atoms with Gasteiger partial charge in [-0.3, -0.25) is 0 Å². The summed E-state index contributed by atoms with van der Waals surface area (Å²) >= 11 is 0. The SMILES string of the molecule is N#Cc1ccc2c3c(cccc13)CC2(C#N)c1ccccc1. The summed E-state index contributed by atoms with van der Waals surface area (Å²) in [5.41, 5.74) is 3.19. The highest BCUT2D eigenvalue weighted by Crippen LogP contribution is 2.46. The summed E-state index contributed by atoms with van der Waals surface area (Å²) in [6.07, 6.45) is 0.662. The van der Waals surface area contributed by atoms with E-state index in [1.807, 2.05) is 54.6 Å². The van der Waals surface area contributed by atoms with Gasteiger partial charge in [-0.1, -0.05) is 54.6 Å². The van der Waals surface area contributed by atoms with E-state index in [4.69, 9.17) is 0 Å². The van der Waals surface area contributed by atoms with Crippen LogP contribution in [0.15, 0.2) is 60.7 Å². The zero-order valence-corrected chi connectivity index (χ0v) is 11.9. The largest absolute Gasteiger partial charge is 0.197 e. The van der Waals surface area contributed by atoms with E-state index in [1.165, 1.54) is 0 Å². The fourth-order valence-electron chi connectivity index (χ4n) is 3.61. The van der Waals surface area contributed by atoms with E-state index < -0.39 is 5.41 Å². The molecule has 1 unspecified atom stereocenters. The van der Waals surface area contributed by atoms with E-state index in [-0.39, 0.29) is 0 Å². The van der Waals surface area contributed by atoms with Crippen LogP contribution in [0.1, 0.15) is 22.3 Å². The second kappa shape index (κ2) is 4.45. The molecule has 4 rings (SSSR count). The van der Waals surface area contributed by atoms with Crippen LogP contribution in [0.5, 0.6) is 0 Å². The molecule has 0 fully saturated rings. The molecular formula is C20H12N2. The molecule has 0 radical (unpaired) electrons. The topological polar surface area (TPSA) is 47.6 Å². The molecule has 1 aliphatic carbocycles. The first-order chi connectivity index (χ1) is 10.8. The van der Waals surface area contributed by atoms with E-state index in [0.717, 1.165) is 27.5 Å². The molecule has 0 amide bonds. The summed E-state index contributed by atoms with van der Waals surface area (Å²) < 4.78 is 0. The van der Waals surface area contributed by atoms with E-state index in [0.29, 0.717) is 12.0 Å². The Hall–Kier alpha value is -3.10. The van der Waals surface area contributed by atoms with Gasteiger partial charge in [0.15, 0.2) is 0 Å². The van der Waals surface area contributed by atoms with E-state index >= 15 is 0 Å². The highest BCUT2D eigenvalue weighted by Gasteiger charge is 2.41. The first kappa shape index (κ1) is 12.6. The minimum atomic E-state index is -0.656. The molecule has 1 aliphatic rings. The molecule has 0 N–H and O–H groups in total. The number of nitrogens with zero attached hydrogens (tertiary/aromatic N) is 2. The summed E-state index contributed by atoms with van der Waals surface area (Å²) in [6, 6.07) is 24.5. The maximum Gasteiger partial charge on any atom is 0.112 e. The van der Waals surface area contributed by atoms with Gasteiger partial charge < -0.3 is 0 Å². The van der Waals surface area contributed by atoms with Crippen LogP contribution in [0.2, 0.25) is 0 Å². The molecule has 0 heterocycles. The lowest BCUT2D eigenvalue weighted by Crippen LogP contribution is -2.24. The molecule has 0 bridgehead atoms. The number of rotatable bonds is 1. The fraction of sp³-hybridized carbons (Fsp3) is 0.100. The van der Waals surface area contributed by atoms with Crippen LogP contribution in [0.25, 0.3) is 10.8 Å². The van der Waals surface area contributed by atoms with E-state index in [1.54, 1.807) is 0 Å². The summed E-state index contributed by atoms with van der Waals surface area (Å²) in [4.78, 5) is 0. The van der Waals surface area contributed by atoms with Crippen molar-refractivity contribution in [2.45, 2.75) is 11.8 Å². The van der Waals surface area contributed by atoms with Crippen LogP contribution >= 0.6 is 0 Å². The second-order valence-electron chi connectivity index (χ2n) is 5.67. The Bertz CT molecular complexity index is 974. The molecule has 0 aromatic heterocycles. The lowest BCUT2D eigenvalue weighted by molar-refractivity contribution is 0.684. The van der Waals surface area contributed by atoms with Crippen LogP contribution in [0.4, 0.5) is 0 Å². The Kier molecular flexibility index (Phi) is 2.55. The van der Waals surface area contributed by atoms with Gasteiger partial charge in [0.25, 0.3) is 0 Å². The molecule has 22 heavy (non-hydrogen) atoms. The minimum Gasteiger partial charge on any atom is -0.197 e. The van der Waals surface area contributed by atoms with Crippen molar-refractivity contribution in [2.75, 3.05) is 0 Å². The number of hydrogen-bond donors (Lipinski definition) is 0. The van der Waals surface area contributed by atoms with Gasteiger partial charge in [0.1, 0.15) is 5.41 Å². The summed E-state index contributed by atoms with van der Waals surface area (Å²) in [7, 11) is 0. The molecule has 3 aromatic carbocycles. The van der Waals surface area contributed by atoms with Crippen LogP contribution in [0.3, 0.4) is 0 Å². The zero-order valence-electron chi connectivity index (χ0n) is 11.9. The normalized spacial score (nSPS) is 18.8. The van der Waals surface area contributed by atoms with Crippen molar-refractivity contribution in [3.8, 4) is 12.1 Å². The first-order valence-electron chi connectivity index (χ1n) is 7.22. The summed E-state index contributed by atoms with van der Waals surface area (Å²) in [5, 5.41) is 21.4. The fourth-order valence-corrected chi connectivity index (χ4v) is 3.61. The lowest BCUT2D eigenvalue weighted by Gasteiger charge is -2.23. The Labute approximate surface area is 128 Å². The van der Waals surface area contributed by atoms with Gasteiger partial charge in [-0.05, 0) is 34.6 Å². The average Bonchev–Trinajstić information content (AvgIpc) is 2.93. The molecule has 1 atom stereocenters. The van der Waals surface area contributed by atoms with Crippen LogP contribution in [-0.4, -0.2) is 0 Å². The number of nitriles is 2. The Morgan fingerprint density at radius 3 is 2.41 bits per heavy atom. The van der Waals surface area contributed by atoms with Gasteiger partial charge in [0, 0.05) is 5.39 Å². The van der Waals surface area contributed by atoms with Crippen molar-refractivity contribution in [2.24, 2.45) is 0 Å². The van der Waals surface area contributed by atoms with Crippen LogP contribution in [-0.2, 0) is 11.8 Å². The van der Waals surface area contributed by atoms with Crippen molar-refractivity contribution >= 4 is 10.8 Å². The average molecular weight is 280 g/mol. The van der Waals surface area contributed by atoms with Gasteiger partial charge in [0.2, 0.25) is 0 Å². The van der Waals surface area contributed by atoms with Crippen LogP contribution < -0.4 is 0 Å². The Balaban J connectivity index is 2.11. The molecule has 2 heteroatoms. The van der Waals surface area contributed by atoms with Gasteiger partial charge in [-0.15, -0.1) is 0 Å². The third kappa shape index (κ3) is 1.47. The molecule has 0 saturated heterocycles. The molecule has 0 saturated carbocycles. The zero-order chi connectivity index (χ0) is 15.2. The Morgan fingerprint density at radius 1 is 0.864 bits per heavy atom. The highest BCUT2D eigenvalue weighted by molar-refractivity contribution is 5.97. The molecule has 2 nitrogen and oxygen atoms in total. The summed E-state index contributed by atoms with van der Waals surface area (Å²) in [6.45, 7) is 0. The van der Waals surface area contributed by atoms with Crippen molar-refractivity contribution in [1.29, 1.82) is 10.5 Å². The third-order valence-electron chi connectivity index (χ3n) is 4.62. The van der Waals surface area contributed by atoms with Crippen molar-refractivity contribution in [1.82, 2.24) is 0 Å². The molecular weight excluding hydrogens is 268 g/mol. The second-order valence-corrected chi connectivity index (χ2v) is 5.67. The minimum absolute atomic E-state index is 0.656. The number of hydrogen-bond acceptors (Lipinski definition) is 2. The third-order valence-corrected chi connectivity index (χ3v) is 4.62. The van der Waals surface area contributed by atoms with E-state index in [9.17, 15) is 10.5 Å². The van der Waals surface area contributed by atoms with Crippen molar-refractivity contribution < 1.29 is 0 Å². The quantitative estimate of drug-likeness (QED) is 0.674. The smallest absolute Gasteiger partial charge is 0.112 e.